The normalized spacial score (nSPS) is 10.8. The molecule has 0 aliphatic rings. The van der Waals surface area contributed by atoms with Crippen molar-refractivity contribution in [2.24, 2.45) is 0 Å². The summed E-state index contributed by atoms with van der Waals surface area (Å²) in [5.41, 5.74) is 1.46. The minimum absolute atomic E-state index is 0.344. The van der Waals surface area contributed by atoms with Crippen molar-refractivity contribution in [3.8, 4) is 10.6 Å². The third kappa shape index (κ3) is 2.15. The minimum Gasteiger partial charge on any atom is -0.465 e. The lowest BCUT2D eigenvalue weighted by Crippen LogP contribution is -2.00. The summed E-state index contributed by atoms with van der Waals surface area (Å²) in [4.78, 5) is 16.4. The minimum atomic E-state index is -0.344. The zero-order valence-electron chi connectivity index (χ0n) is 9.83. The van der Waals surface area contributed by atoms with E-state index in [0.29, 0.717) is 5.56 Å². The van der Waals surface area contributed by atoms with Gasteiger partial charge in [-0.05, 0) is 28.1 Å². The van der Waals surface area contributed by atoms with Crippen LogP contribution in [0.4, 0.5) is 0 Å². The van der Waals surface area contributed by atoms with Crippen LogP contribution < -0.4 is 0 Å². The number of esters is 1. The number of hydrogen-bond acceptors (Lipinski definition) is 5. The van der Waals surface area contributed by atoms with Crippen molar-refractivity contribution in [3.05, 3.63) is 40.6 Å². The first kappa shape index (κ1) is 12.3. The van der Waals surface area contributed by atoms with Gasteiger partial charge in [0.25, 0.3) is 0 Å². The molecule has 19 heavy (non-hydrogen) atoms. The Kier molecular flexibility index (Phi) is 3.08. The smallest absolute Gasteiger partial charge is 0.337 e. The summed E-state index contributed by atoms with van der Waals surface area (Å²) in [6.07, 6.45) is 1.71. The van der Waals surface area contributed by atoms with Crippen LogP contribution in [0.25, 0.3) is 15.5 Å². The number of methoxy groups -OCH3 is 1. The maximum atomic E-state index is 11.3. The second kappa shape index (κ2) is 4.75. The Hall–Kier alpha value is -1.73. The van der Waals surface area contributed by atoms with Gasteiger partial charge < -0.3 is 4.74 Å². The number of benzene rings is 1. The molecule has 0 radical (unpaired) electrons. The molecule has 2 heterocycles. The van der Waals surface area contributed by atoms with E-state index in [9.17, 15) is 4.79 Å². The van der Waals surface area contributed by atoms with Crippen LogP contribution in [0.3, 0.4) is 0 Å². The van der Waals surface area contributed by atoms with Gasteiger partial charge >= 0.3 is 5.97 Å². The molecule has 0 unspecified atom stereocenters. The molecule has 0 aliphatic heterocycles. The molecule has 0 spiro atoms. The summed E-state index contributed by atoms with van der Waals surface area (Å²) < 4.78 is 7.21. The van der Waals surface area contributed by atoms with Crippen LogP contribution >= 0.6 is 27.3 Å². The molecule has 3 rings (SSSR count). The van der Waals surface area contributed by atoms with Crippen LogP contribution in [0.2, 0.25) is 0 Å². The molecule has 3 aromatic rings. The van der Waals surface area contributed by atoms with E-state index >= 15 is 0 Å². The van der Waals surface area contributed by atoms with Crippen molar-refractivity contribution in [3.63, 3.8) is 0 Å². The molecule has 7 heteroatoms. The van der Waals surface area contributed by atoms with E-state index in [1.165, 1.54) is 18.4 Å². The van der Waals surface area contributed by atoms with E-state index in [2.05, 4.69) is 30.7 Å². The average Bonchev–Trinajstić information content (AvgIpc) is 3.01. The molecule has 0 atom stereocenters. The zero-order valence-corrected chi connectivity index (χ0v) is 12.2. The Labute approximate surface area is 121 Å². The molecule has 0 saturated heterocycles. The van der Waals surface area contributed by atoms with Gasteiger partial charge in [0.1, 0.15) is 9.61 Å². The van der Waals surface area contributed by atoms with Crippen molar-refractivity contribution in [1.82, 2.24) is 14.6 Å². The highest BCUT2D eigenvalue weighted by molar-refractivity contribution is 9.10. The highest BCUT2D eigenvalue weighted by atomic mass is 79.9. The molecular weight excluding hydrogens is 330 g/mol. The molecular formula is C12H8BrN3O2S. The predicted octanol–water partition coefficient (Wildman–Crippen LogP) is 3.01. The van der Waals surface area contributed by atoms with Crippen molar-refractivity contribution >= 4 is 38.2 Å². The van der Waals surface area contributed by atoms with E-state index in [1.807, 2.05) is 12.1 Å². The maximum Gasteiger partial charge on any atom is 0.337 e. The molecule has 0 saturated carbocycles. The third-order valence-corrected chi connectivity index (χ3v) is 4.11. The Balaban J connectivity index is 1.99. The second-order valence-corrected chi connectivity index (χ2v) is 5.52. The molecule has 96 valence electrons. The number of aromatic nitrogens is 3. The Morgan fingerprint density at radius 2 is 2.11 bits per heavy atom. The van der Waals surface area contributed by atoms with Crippen LogP contribution in [-0.4, -0.2) is 27.7 Å². The van der Waals surface area contributed by atoms with Gasteiger partial charge in [0.15, 0.2) is 0 Å². The lowest BCUT2D eigenvalue weighted by Gasteiger charge is -1.99. The lowest BCUT2D eigenvalue weighted by molar-refractivity contribution is 0.0601. The summed E-state index contributed by atoms with van der Waals surface area (Å²) in [6, 6.07) is 7.14. The third-order valence-electron chi connectivity index (χ3n) is 2.60. The van der Waals surface area contributed by atoms with Crippen LogP contribution in [0.15, 0.2) is 35.1 Å². The molecule has 5 nitrogen and oxygen atoms in total. The van der Waals surface area contributed by atoms with E-state index in [-0.39, 0.29) is 5.97 Å². The number of fused-ring (bicyclic) bond motifs is 1. The van der Waals surface area contributed by atoms with Crippen LogP contribution in [-0.2, 0) is 4.74 Å². The summed E-state index contributed by atoms with van der Waals surface area (Å²) in [5.74, 6) is -0.344. The molecule has 2 aromatic heterocycles. The molecule has 0 bridgehead atoms. The molecule has 1 aromatic carbocycles. The molecule has 0 amide bonds. The summed E-state index contributed by atoms with van der Waals surface area (Å²) in [7, 11) is 1.36. The van der Waals surface area contributed by atoms with Gasteiger partial charge in [-0.3, -0.25) is 0 Å². The monoisotopic (exact) mass is 337 g/mol. The fraction of sp³-hybridized carbons (Fsp3) is 0.0833. The van der Waals surface area contributed by atoms with Gasteiger partial charge in [0.2, 0.25) is 4.96 Å². The highest BCUT2D eigenvalue weighted by Crippen LogP contribution is 2.27. The number of hydrogen-bond donors (Lipinski definition) is 0. The van der Waals surface area contributed by atoms with Gasteiger partial charge in [-0.15, -0.1) is 0 Å². The Morgan fingerprint density at radius 3 is 2.74 bits per heavy atom. The maximum absolute atomic E-state index is 11.3. The Bertz CT molecular complexity index is 748. The number of rotatable bonds is 2. The standard InChI is InChI=1S/C12H8BrN3O2S/c1-18-11(17)8-4-2-7(3-5-8)10-15-16-9(13)6-14-12(16)19-10/h2-6H,1H3. The number of ether oxygens (including phenoxy) is 1. The number of carbonyl (C=O) groups excluding carboxylic acids is 1. The number of imidazole rings is 1. The van der Waals surface area contributed by atoms with Crippen molar-refractivity contribution in [1.29, 1.82) is 0 Å². The molecule has 0 fully saturated rings. The van der Waals surface area contributed by atoms with Gasteiger partial charge in [0.05, 0.1) is 18.9 Å². The van der Waals surface area contributed by atoms with Crippen molar-refractivity contribution in [2.45, 2.75) is 0 Å². The van der Waals surface area contributed by atoms with Crippen molar-refractivity contribution in [2.75, 3.05) is 7.11 Å². The van der Waals surface area contributed by atoms with E-state index in [4.69, 9.17) is 0 Å². The van der Waals surface area contributed by atoms with Gasteiger partial charge in [-0.25, -0.2) is 9.78 Å². The topological polar surface area (TPSA) is 56.5 Å². The Morgan fingerprint density at radius 1 is 1.37 bits per heavy atom. The number of carbonyl (C=O) groups is 1. The van der Waals surface area contributed by atoms with Gasteiger partial charge in [0, 0.05) is 5.56 Å². The highest BCUT2D eigenvalue weighted by Gasteiger charge is 2.11. The summed E-state index contributed by atoms with van der Waals surface area (Å²) in [5, 5.41) is 5.29. The zero-order chi connectivity index (χ0) is 13.4. The van der Waals surface area contributed by atoms with Crippen LogP contribution in [0.5, 0.6) is 0 Å². The first-order valence-corrected chi connectivity index (χ1v) is 6.99. The summed E-state index contributed by atoms with van der Waals surface area (Å²) >= 11 is 4.86. The first-order chi connectivity index (χ1) is 9.19. The molecule has 0 aliphatic carbocycles. The lowest BCUT2D eigenvalue weighted by atomic mass is 10.1. The molecule has 0 N–H and O–H groups in total. The van der Waals surface area contributed by atoms with E-state index < -0.39 is 0 Å². The van der Waals surface area contributed by atoms with Crippen molar-refractivity contribution < 1.29 is 9.53 Å². The number of halogens is 1. The first-order valence-electron chi connectivity index (χ1n) is 5.38. The summed E-state index contributed by atoms with van der Waals surface area (Å²) in [6.45, 7) is 0. The SMILES string of the molecule is COC(=O)c1ccc(-c2nn3c(Br)cnc3s2)cc1. The average molecular weight is 338 g/mol. The fourth-order valence-corrected chi connectivity index (χ4v) is 3.00. The van der Waals surface area contributed by atoms with Gasteiger partial charge in [-0.1, -0.05) is 23.5 Å². The van der Waals surface area contributed by atoms with Crippen LogP contribution in [0.1, 0.15) is 10.4 Å². The van der Waals surface area contributed by atoms with Crippen LogP contribution in [0, 0.1) is 0 Å². The fourth-order valence-electron chi connectivity index (χ4n) is 1.65. The second-order valence-electron chi connectivity index (χ2n) is 3.75. The quantitative estimate of drug-likeness (QED) is 0.674. The van der Waals surface area contributed by atoms with E-state index in [1.54, 1.807) is 22.8 Å². The van der Waals surface area contributed by atoms with Gasteiger partial charge in [-0.2, -0.15) is 9.61 Å². The van der Waals surface area contributed by atoms with E-state index in [0.717, 1.165) is 20.1 Å². The number of nitrogens with zero attached hydrogens (tertiary/aromatic N) is 3. The predicted molar refractivity (Wildman–Crippen MR) is 75.3 cm³/mol. The largest absolute Gasteiger partial charge is 0.465 e.